The largest absolute Gasteiger partial charge is 0.309 e. The summed E-state index contributed by atoms with van der Waals surface area (Å²) in [6, 6.07) is 21.2. The van der Waals surface area contributed by atoms with Crippen LogP contribution in [0.1, 0.15) is 23.7 Å². The van der Waals surface area contributed by atoms with Gasteiger partial charge in [-0.05, 0) is 93.0 Å². The van der Waals surface area contributed by atoms with Gasteiger partial charge in [0.1, 0.15) is 17.2 Å². The molecule has 1 amide bonds. The Morgan fingerprint density at radius 1 is 0.951 bits per heavy atom. The lowest BCUT2D eigenvalue weighted by Gasteiger charge is -2.13. The minimum atomic E-state index is -0.377. The normalized spacial score (nSPS) is 11.7. The van der Waals surface area contributed by atoms with Crippen molar-refractivity contribution in [1.82, 2.24) is 29.7 Å². The van der Waals surface area contributed by atoms with Crippen LogP contribution in [0.4, 0.5) is 5.82 Å². The first-order valence-electron chi connectivity index (χ1n) is 13.3. The second kappa shape index (κ2) is 11.0. The number of hydrogen-bond acceptors (Lipinski definition) is 6. The Kier molecular flexibility index (Phi) is 6.94. The van der Waals surface area contributed by atoms with Crippen molar-refractivity contribution in [2.45, 2.75) is 19.9 Å². The summed E-state index contributed by atoms with van der Waals surface area (Å²) in [6.45, 7) is 3.84. The molecule has 0 saturated carbocycles. The summed E-state index contributed by atoms with van der Waals surface area (Å²) in [4.78, 5) is 31.0. The Balaban J connectivity index is 1.54. The van der Waals surface area contributed by atoms with Crippen LogP contribution in [-0.4, -0.2) is 43.3 Å². The number of pyridine rings is 4. The first-order chi connectivity index (χ1) is 20.0. The number of carbonyl (C=O) groups excluding carboxylic acids is 1. The van der Waals surface area contributed by atoms with E-state index in [1.807, 2.05) is 78.2 Å². The van der Waals surface area contributed by atoms with Gasteiger partial charge in [0.15, 0.2) is 0 Å². The quantitative estimate of drug-likeness (QED) is 0.291. The lowest BCUT2D eigenvalue weighted by Crippen LogP contribution is -2.35. The number of hydrogen-bond donors (Lipinski definition) is 2. The van der Waals surface area contributed by atoms with Gasteiger partial charge in [-0.1, -0.05) is 12.0 Å². The van der Waals surface area contributed by atoms with Crippen molar-refractivity contribution in [2.24, 2.45) is 0 Å². The van der Waals surface area contributed by atoms with Crippen molar-refractivity contribution >= 4 is 28.3 Å². The zero-order chi connectivity index (χ0) is 28.3. The number of amides is 1. The van der Waals surface area contributed by atoms with E-state index in [2.05, 4.69) is 32.4 Å². The maximum Gasteiger partial charge on any atom is 0.242 e. The molecule has 5 heterocycles. The van der Waals surface area contributed by atoms with Crippen molar-refractivity contribution in [2.75, 3.05) is 12.4 Å². The van der Waals surface area contributed by atoms with Gasteiger partial charge in [0, 0.05) is 46.9 Å². The van der Waals surface area contributed by atoms with Crippen LogP contribution in [0, 0.1) is 18.8 Å². The third-order valence-electron chi connectivity index (χ3n) is 6.89. The Morgan fingerprint density at radius 2 is 1.80 bits per heavy atom. The predicted molar refractivity (Wildman–Crippen MR) is 161 cm³/mol. The number of fused-ring (bicyclic) bond motifs is 2. The molecule has 0 fully saturated rings. The van der Waals surface area contributed by atoms with E-state index >= 15 is 0 Å². The summed E-state index contributed by atoms with van der Waals surface area (Å²) in [5, 5.41) is 6.86. The SMILES string of the molecule is CNC(C)C(=O)Nc1ccc(-c2c(-c3ccncc3)nc3cc(C)ccn23)c(C#Cc2ccc3ncccc3c2)n1. The Hall–Kier alpha value is -5.39. The third-order valence-corrected chi connectivity index (χ3v) is 6.89. The molecular weight excluding hydrogens is 510 g/mol. The van der Waals surface area contributed by atoms with Crippen molar-refractivity contribution in [3.05, 3.63) is 108 Å². The first kappa shape index (κ1) is 25.9. The molecule has 1 unspecified atom stereocenters. The van der Waals surface area contributed by atoms with Gasteiger partial charge in [0.25, 0.3) is 0 Å². The second-order valence-electron chi connectivity index (χ2n) is 9.73. The van der Waals surface area contributed by atoms with Gasteiger partial charge in [0.05, 0.1) is 22.9 Å². The molecule has 6 aromatic rings. The summed E-state index contributed by atoms with van der Waals surface area (Å²) in [6.07, 6.45) is 7.29. The minimum absolute atomic E-state index is 0.184. The zero-order valence-electron chi connectivity index (χ0n) is 22.9. The van der Waals surface area contributed by atoms with Crippen molar-refractivity contribution < 1.29 is 4.79 Å². The van der Waals surface area contributed by atoms with E-state index in [1.54, 1.807) is 38.6 Å². The summed E-state index contributed by atoms with van der Waals surface area (Å²) in [5.74, 6) is 6.81. The van der Waals surface area contributed by atoms with E-state index in [4.69, 9.17) is 9.97 Å². The highest BCUT2D eigenvalue weighted by Crippen LogP contribution is 2.34. The van der Waals surface area contributed by atoms with Gasteiger partial charge in [-0.2, -0.15) is 0 Å². The van der Waals surface area contributed by atoms with Crippen molar-refractivity contribution in [3.8, 4) is 34.4 Å². The number of nitrogens with zero attached hydrogens (tertiary/aromatic N) is 5. The van der Waals surface area contributed by atoms with Crippen LogP contribution in [0.5, 0.6) is 0 Å². The smallest absolute Gasteiger partial charge is 0.242 e. The van der Waals surface area contributed by atoms with Crippen molar-refractivity contribution in [1.29, 1.82) is 0 Å². The van der Waals surface area contributed by atoms with Crippen LogP contribution in [0.15, 0.2) is 91.5 Å². The van der Waals surface area contributed by atoms with Crippen LogP contribution in [-0.2, 0) is 4.79 Å². The number of imidazole rings is 1. The van der Waals surface area contributed by atoms with Gasteiger partial charge in [-0.25, -0.2) is 9.97 Å². The Labute approximate surface area is 237 Å². The fourth-order valence-electron chi connectivity index (χ4n) is 4.58. The van der Waals surface area contributed by atoms with E-state index in [9.17, 15) is 4.79 Å². The number of rotatable bonds is 5. The Bertz CT molecular complexity index is 1970. The molecule has 8 heteroatoms. The van der Waals surface area contributed by atoms with Crippen LogP contribution in [0.25, 0.3) is 39.1 Å². The lowest BCUT2D eigenvalue weighted by molar-refractivity contribution is -0.117. The molecule has 0 bridgehead atoms. The fraction of sp³-hybridized carbons (Fsp3) is 0.121. The molecule has 1 atom stereocenters. The number of likely N-dealkylation sites (N-methyl/N-ethyl adjacent to an activating group) is 1. The average Bonchev–Trinajstić information content (AvgIpc) is 3.38. The summed E-state index contributed by atoms with van der Waals surface area (Å²) in [7, 11) is 1.74. The summed E-state index contributed by atoms with van der Waals surface area (Å²) in [5.41, 5.74) is 7.54. The molecule has 5 aromatic heterocycles. The number of aromatic nitrogens is 5. The highest BCUT2D eigenvalue weighted by Gasteiger charge is 2.20. The number of anilines is 1. The van der Waals surface area contributed by atoms with E-state index in [-0.39, 0.29) is 11.9 Å². The standard InChI is InChI=1S/C33H27N7O/c1-21-14-18-40-30(19-21)39-31(24-12-16-35-17-13-24)32(40)26-8-11-29(38-33(41)22(2)34-3)37-28(26)10-7-23-6-9-27-25(20-23)5-4-15-36-27/h4-6,8-9,11-20,22,34H,1-3H3,(H,37,38,41). The molecule has 0 saturated heterocycles. The highest BCUT2D eigenvalue weighted by molar-refractivity contribution is 5.94. The van der Waals surface area contributed by atoms with E-state index in [0.717, 1.165) is 50.2 Å². The van der Waals surface area contributed by atoms with Gasteiger partial charge in [-0.15, -0.1) is 0 Å². The van der Waals surface area contributed by atoms with Crippen LogP contribution < -0.4 is 10.6 Å². The summed E-state index contributed by atoms with van der Waals surface area (Å²) < 4.78 is 2.05. The molecule has 41 heavy (non-hydrogen) atoms. The number of nitrogens with one attached hydrogen (secondary N) is 2. The fourth-order valence-corrected chi connectivity index (χ4v) is 4.58. The molecule has 0 radical (unpaired) electrons. The predicted octanol–water partition coefficient (Wildman–Crippen LogP) is 5.26. The molecule has 8 nitrogen and oxygen atoms in total. The minimum Gasteiger partial charge on any atom is -0.309 e. The zero-order valence-corrected chi connectivity index (χ0v) is 22.9. The molecule has 0 spiro atoms. The molecular formula is C33H27N7O. The molecule has 6 rings (SSSR count). The van der Waals surface area contributed by atoms with Gasteiger partial charge < -0.3 is 10.6 Å². The number of benzene rings is 1. The summed E-state index contributed by atoms with van der Waals surface area (Å²) >= 11 is 0. The van der Waals surface area contributed by atoms with E-state index in [1.165, 1.54) is 0 Å². The van der Waals surface area contributed by atoms with Crippen LogP contribution >= 0.6 is 0 Å². The maximum absolute atomic E-state index is 12.6. The number of carbonyl (C=O) groups is 1. The van der Waals surface area contributed by atoms with E-state index in [0.29, 0.717) is 11.5 Å². The monoisotopic (exact) mass is 537 g/mol. The van der Waals surface area contributed by atoms with Crippen LogP contribution in [0.2, 0.25) is 0 Å². The van der Waals surface area contributed by atoms with Crippen molar-refractivity contribution in [3.63, 3.8) is 0 Å². The third kappa shape index (κ3) is 5.26. The second-order valence-corrected chi connectivity index (χ2v) is 9.73. The first-order valence-corrected chi connectivity index (χ1v) is 13.3. The topological polar surface area (TPSA) is 97.1 Å². The molecule has 0 aliphatic heterocycles. The lowest BCUT2D eigenvalue weighted by atomic mass is 10.0. The Morgan fingerprint density at radius 3 is 2.63 bits per heavy atom. The maximum atomic E-state index is 12.6. The van der Waals surface area contributed by atoms with Gasteiger partial charge in [-0.3, -0.25) is 19.2 Å². The van der Waals surface area contributed by atoms with Crippen LogP contribution in [0.3, 0.4) is 0 Å². The molecule has 1 aromatic carbocycles. The highest BCUT2D eigenvalue weighted by atomic mass is 16.2. The average molecular weight is 538 g/mol. The number of aryl methyl sites for hydroxylation is 1. The molecule has 200 valence electrons. The molecule has 0 aliphatic carbocycles. The van der Waals surface area contributed by atoms with E-state index < -0.39 is 0 Å². The molecule has 2 N–H and O–H groups in total. The molecule has 0 aliphatic rings. The van der Waals surface area contributed by atoms with Gasteiger partial charge in [0.2, 0.25) is 5.91 Å². The van der Waals surface area contributed by atoms with Gasteiger partial charge >= 0.3 is 0 Å².